The summed E-state index contributed by atoms with van der Waals surface area (Å²) in [5.41, 5.74) is 2.37. The Morgan fingerprint density at radius 2 is 1.75 bits per heavy atom. The van der Waals surface area contributed by atoms with Crippen LogP contribution in [0.2, 0.25) is 0 Å². The van der Waals surface area contributed by atoms with Crippen LogP contribution in [0.5, 0.6) is 5.75 Å². The van der Waals surface area contributed by atoms with Crippen molar-refractivity contribution in [2.75, 3.05) is 39.3 Å². The van der Waals surface area contributed by atoms with Gasteiger partial charge in [0.05, 0.1) is 0 Å². The van der Waals surface area contributed by atoms with Crippen LogP contribution < -0.4 is 4.74 Å². The van der Waals surface area contributed by atoms with Crippen LogP contribution in [0.25, 0.3) is 0 Å². The molecule has 0 N–H and O–H groups in total. The van der Waals surface area contributed by atoms with Crippen LogP contribution in [-0.2, 0) is 4.79 Å². The van der Waals surface area contributed by atoms with Crippen molar-refractivity contribution in [1.82, 2.24) is 9.80 Å². The lowest BCUT2D eigenvalue weighted by Crippen LogP contribution is -2.48. The monoisotopic (exact) mass is 276 g/mol. The second-order valence-corrected chi connectivity index (χ2v) is 5.42. The Labute approximate surface area is 121 Å². The van der Waals surface area contributed by atoms with Gasteiger partial charge in [-0.25, -0.2) is 0 Å². The van der Waals surface area contributed by atoms with Crippen molar-refractivity contribution in [3.63, 3.8) is 0 Å². The lowest BCUT2D eigenvalue weighted by molar-refractivity contribution is -0.130. The lowest BCUT2D eigenvalue weighted by Gasteiger charge is -2.34. The Balaban J connectivity index is 1.76. The van der Waals surface area contributed by atoms with Crippen LogP contribution in [0.4, 0.5) is 0 Å². The molecule has 1 aromatic rings. The number of aryl methyl sites for hydroxylation is 2. The summed E-state index contributed by atoms with van der Waals surface area (Å²) in [5, 5.41) is 0. The molecule has 1 fully saturated rings. The Morgan fingerprint density at radius 3 is 2.30 bits per heavy atom. The zero-order chi connectivity index (χ0) is 14.5. The van der Waals surface area contributed by atoms with E-state index in [0.717, 1.165) is 38.5 Å². The number of rotatable bonds is 4. The zero-order valence-electron chi connectivity index (χ0n) is 12.7. The van der Waals surface area contributed by atoms with E-state index in [1.807, 2.05) is 4.90 Å². The van der Waals surface area contributed by atoms with E-state index < -0.39 is 0 Å². The molecule has 0 aliphatic carbocycles. The number of ether oxygens (including phenoxy) is 1. The molecule has 1 amide bonds. The van der Waals surface area contributed by atoms with Gasteiger partial charge in [-0.15, -0.1) is 0 Å². The van der Waals surface area contributed by atoms with E-state index in [9.17, 15) is 4.79 Å². The maximum absolute atomic E-state index is 11.3. The van der Waals surface area contributed by atoms with E-state index in [2.05, 4.69) is 36.9 Å². The summed E-state index contributed by atoms with van der Waals surface area (Å²) >= 11 is 0. The number of nitrogens with zero attached hydrogens (tertiary/aromatic N) is 2. The minimum Gasteiger partial charge on any atom is -0.492 e. The van der Waals surface area contributed by atoms with Gasteiger partial charge < -0.3 is 9.64 Å². The minimum atomic E-state index is 0.177. The third kappa shape index (κ3) is 3.73. The highest BCUT2D eigenvalue weighted by Gasteiger charge is 2.18. The third-order valence-electron chi connectivity index (χ3n) is 3.88. The molecule has 0 aromatic heterocycles. The van der Waals surface area contributed by atoms with Crippen molar-refractivity contribution in [1.29, 1.82) is 0 Å². The molecule has 1 heterocycles. The first-order valence-electron chi connectivity index (χ1n) is 7.25. The Bertz CT molecular complexity index is 445. The van der Waals surface area contributed by atoms with E-state index >= 15 is 0 Å². The molecular formula is C16H24N2O2. The molecule has 1 saturated heterocycles. The number of para-hydroxylation sites is 1. The number of hydrogen-bond acceptors (Lipinski definition) is 3. The van der Waals surface area contributed by atoms with Crippen molar-refractivity contribution in [3.05, 3.63) is 29.3 Å². The van der Waals surface area contributed by atoms with Gasteiger partial charge >= 0.3 is 0 Å². The fourth-order valence-electron chi connectivity index (χ4n) is 2.59. The fraction of sp³-hybridized carbons (Fsp3) is 0.562. The SMILES string of the molecule is CC(=O)N1CCN(CCOc2c(C)cccc2C)CC1. The highest BCUT2D eigenvalue weighted by atomic mass is 16.5. The van der Waals surface area contributed by atoms with Crippen molar-refractivity contribution >= 4 is 5.91 Å². The molecule has 4 nitrogen and oxygen atoms in total. The Morgan fingerprint density at radius 1 is 1.15 bits per heavy atom. The molecule has 4 heteroatoms. The maximum Gasteiger partial charge on any atom is 0.219 e. The Hall–Kier alpha value is -1.55. The smallest absolute Gasteiger partial charge is 0.219 e. The van der Waals surface area contributed by atoms with Crippen molar-refractivity contribution in [3.8, 4) is 5.75 Å². The summed E-state index contributed by atoms with van der Waals surface area (Å²) in [7, 11) is 0. The second-order valence-electron chi connectivity index (χ2n) is 5.42. The van der Waals surface area contributed by atoms with Gasteiger partial charge in [0.15, 0.2) is 0 Å². The van der Waals surface area contributed by atoms with E-state index in [-0.39, 0.29) is 5.91 Å². The second kappa shape index (κ2) is 6.75. The van der Waals surface area contributed by atoms with Gasteiger partial charge in [-0.2, -0.15) is 0 Å². The van der Waals surface area contributed by atoms with Gasteiger partial charge in [0.1, 0.15) is 12.4 Å². The number of hydrogen-bond donors (Lipinski definition) is 0. The third-order valence-corrected chi connectivity index (χ3v) is 3.88. The van der Waals surface area contributed by atoms with Crippen LogP contribution in [-0.4, -0.2) is 55.0 Å². The number of benzene rings is 1. The molecule has 20 heavy (non-hydrogen) atoms. The first-order valence-corrected chi connectivity index (χ1v) is 7.25. The molecule has 0 unspecified atom stereocenters. The van der Waals surface area contributed by atoms with E-state index in [0.29, 0.717) is 6.61 Å². The summed E-state index contributed by atoms with van der Waals surface area (Å²) in [6, 6.07) is 6.21. The van der Waals surface area contributed by atoms with Crippen LogP contribution in [0.3, 0.4) is 0 Å². The Kier molecular flexibility index (Phi) is 5.01. The lowest BCUT2D eigenvalue weighted by atomic mass is 10.1. The fourth-order valence-corrected chi connectivity index (χ4v) is 2.59. The van der Waals surface area contributed by atoms with Crippen LogP contribution in [0, 0.1) is 13.8 Å². The van der Waals surface area contributed by atoms with Crippen LogP contribution in [0.15, 0.2) is 18.2 Å². The molecule has 0 radical (unpaired) electrons. The predicted octanol–water partition coefficient (Wildman–Crippen LogP) is 1.85. The van der Waals surface area contributed by atoms with Crippen molar-refractivity contribution in [2.24, 2.45) is 0 Å². The van der Waals surface area contributed by atoms with Crippen molar-refractivity contribution in [2.45, 2.75) is 20.8 Å². The molecule has 2 rings (SSSR count). The average molecular weight is 276 g/mol. The predicted molar refractivity (Wildman–Crippen MR) is 80.1 cm³/mol. The summed E-state index contributed by atoms with van der Waals surface area (Å²) in [6.45, 7) is 11.0. The first kappa shape index (κ1) is 14.9. The molecule has 110 valence electrons. The number of piperazine rings is 1. The summed E-state index contributed by atoms with van der Waals surface area (Å²) in [6.07, 6.45) is 0. The maximum atomic E-state index is 11.3. The largest absolute Gasteiger partial charge is 0.492 e. The summed E-state index contributed by atoms with van der Waals surface area (Å²) in [4.78, 5) is 15.5. The average Bonchev–Trinajstić information content (AvgIpc) is 2.42. The molecule has 0 bridgehead atoms. The number of carbonyl (C=O) groups is 1. The normalized spacial score (nSPS) is 16.2. The number of amides is 1. The van der Waals surface area contributed by atoms with E-state index in [1.54, 1.807) is 6.92 Å². The quantitative estimate of drug-likeness (QED) is 0.841. The highest BCUT2D eigenvalue weighted by molar-refractivity contribution is 5.73. The van der Waals surface area contributed by atoms with Gasteiger partial charge in [-0.05, 0) is 25.0 Å². The number of carbonyl (C=O) groups excluding carboxylic acids is 1. The standard InChI is InChI=1S/C16H24N2O2/c1-13-5-4-6-14(2)16(13)20-12-11-17-7-9-18(10-8-17)15(3)19/h4-6H,7-12H2,1-3H3. The molecule has 1 aromatic carbocycles. The topological polar surface area (TPSA) is 32.8 Å². The molecule has 0 spiro atoms. The minimum absolute atomic E-state index is 0.177. The van der Waals surface area contributed by atoms with Gasteiger partial charge in [0.2, 0.25) is 5.91 Å². The molecule has 1 aliphatic heterocycles. The molecule has 0 saturated carbocycles. The molecule has 0 atom stereocenters. The molecule has 1 aliphatic rings. The van der Waals surface area contributed by atoms with E-state index in [4.69, 9.17) is 4.74 Å². The summed E-state index contributed by atoms with van der Waals surface area (Å²) in [5.74, 6) is 1.19. The van der Waals surface area contributed by atoms with E-state index in [1.165, 1.54) is 11.1 Å². The van der Waals surface area contributed by atoms with Gasteiger partial charge in [-0.1, -0.05) is 18.2 Å². The zero-order valence-corrected chi connectivity index (χ0v) is 12.7. The van der Waals surface area contributed by atoms with Gasteiger partial charge in [0, 0.05) is 39.6 Å². The molecular weight excluding hydrogens is 252 g/mol. The van der Waals surface area contributed by atoms with Gasteiger partial charge in [-0.3, -0.25) is 9.69 Å². The first-order chi connectivity index (χ1) is 9.58. The van der Waals surface area contributed by atoms with Crippen LogP contribution in [0.1, 0.15) is 18.1 Å². The van der Waals surface area contributed by atoms with Gasteiger partial charge in [0.25, 0.3) is 0 Å². The van der Waals surface area contributed by atoms with Crippen molar-refractivity contribution < 1.29 is 9.53 Å². The van der Waals surface area contributed by atoms with Crippen LogP contribution >= 0.6 is 0 Å². The highest BCUT2D eigenvalue weighted by Crippen LogP contribution is 2.22. The summed E-state index contributed by atoms with van der Waals surface area (Å²) < 4.78 is 5.92.